The second-order valence-corrected chi connectivity index (χ2v) is 1.97. The average Bonchev–Trinajstić information content (AvgIpc) is 1.84. The predicted octanol–water partition coefficient (Wildman–Crippen LogP) is 1.62. The van der Waals surface area contributed by atoms with E-state index in [-0.39, 0.29) is 6.42 Å². The summed E-state index contributed by atoms with van der Waals surface area (Å²) in [6.45, 7) is 2.36. The van der Waals surface area contributed by atoms with E-state index in [1.165, 1.54) is 0 Å². The molecule has 0 amide bonds. The number of alkyl halides is 2. The summed E-state index contributed by atoms with van der Waals surface area (Å²) >= 11 is 0. The van der Waals surface area contributed by atoms with E-state index in [0.717, 1.165) is 0 Å². The van der Waals surface area contributed by atoms with E-state index in [1.54, 1.807) is 0 Å². The summed E-state index contributed by atoms with van der Waals surface area (Å²) in [4.78, 5) is 0. The lowest BCUT2D eigenvalue weighted by Gasteiger charge is -2.10. The van der Waals surface area contributed by atoms with Crippen molar-refractivity contribution in [3.63, 3.8) is 0 Å². The highest BCUT2D eigenvalue weighted by molar-refractivity contribution is 4.63. The minimum atomic E-state index is -2.89. The molecule has 0 aromatic rings. The monoisotopic (exact) mass is 137 g/mol. The fourth-order valence-electron chi connectivity index (χ4n) is 0.463. The zero-order valence-electron chi connectivity index (χ0n) is 5.24. The molecule has 0 aliphatic rings. The van der Waals surface area contributed by atoms with Crippen LogP contribution in [0.4, 0.5) is 8.78 Å². The van der Waals surface area contributed by atoms with E-state index in [2.05, 4.69) is 6.92 Å². The number of aliphatic hydroxyl groups is 1. The third kappa shape index (κ3) is 4.33. The van der Waals surface area contributed by atoms with Crippen molar-refractivity contribution < 1.29 is 13.9 Å². The number of hydrogen-bond donors (Lipinski definition) is 1. The van der Waals surface area contributed by atoms with Gasteiger partial charge in [0.25, 0.3) is 5.92 Å². The van der Waals surface area contributed by atoms with Crippen molar-refractivity contribution in [3.8, 4) is 0 Å². The van der Waals surface area contributed by atoms with Gasteiger partial charge in [-0.2, -0.15) is 0 Å². The summed E-state index contributed by atoms with van der Waals surface area (Å²) < 4.78 is 24.1. The van der Waals surface area contributed by atoms with E-state index >= 15 is 0 Å². The van der Waals surface area contributed by atoms with Crippen molar-refractivity contribution in [2.24, 2.45) is 0 Å². The van der Waals surface area contributed by atoms with Crippen molar-refractivity contribution in [2.45, 2.75) is 25.2 Å². The van der Waals surface area contributed by atoms with Crippen LogP contribution in [0.3, 0.4) is 0 Å². The average molecular weight is 137 g/mol. The van der Waals surface area contributed by atoms with Crippen LogP contribution in [0, 0.1) is 6.92 Å². The molecule has 1 radical (unpaired) electrons. The quantitative estimate of drug-likeness (QED) is 0.624. The molecule has 9 heavy (non-hydrogen) atoms. The summed E-state index contributed by atoms with van der Waals surface area (Å²) in [7, 11) is 0. The smallest absolute Gasteiger partial charge is 0.270 e. The van der Waals surface area contributed by atoms with Crippen LogP contribution < -0.4 is 0 Å². The Morgan fingerprint density at radius 3 is 2.33 bits per heavy atom. The van der Waals surface area contributed by atoms with E-state index in [9.17, 15) is 8.78 Å². The normalized spacial score (nSPS) is 12.0. The van der Waals surface area contributed by atoms with Crippen LogP contribution in [-0.2, 0) is 0 Å². The number of aliphatic hydroxyl groups excluding tert-OH is 1. The van der Waals surface area contributed by atoms with Gasteiger partial charge in [0.05, 0.1) is 0 Å². The lowest BCUT2D eigenvalue weighted by Crippen LogP contribution is -2.20. The molecule has 3 heteroatoms. The standard InChI is InChI=1S/C6H11F2O/c1-2-3-4-6(7,8)5-9/h9H,1-5H2. The van der Waals surface area contributed by atoms with Crippen LogP contribution in [0.2, 0.25) is 0 Å². The first-order valence-electron chi connectivity index (χ1n) is 2.90. The Morgan fingerprint density at radius 1 is 1.44 bits per heavy atom. The van der Waals surface area contributed by atoms with Crippen LogP contribution in [-0.4, -0.2) is 17.6 Å². The van der Waals surface area contributed by atoms with Gasteiger partial charge in [-0.05, 0) is 6.42 Å². The molecule has 0 fully saturated rings. The lowest BCUT2D eigenvalue weighted by atomic mass is 10.2. The van der Waals surface area contributed by atoms with Gasteiger partial charge < -0.3 is 5.11 Å². The first kappa shape index (κ1) is 8.82. The zero-order valence-corrected chi connectivity index (χ0v) is 5.24. The summed E-state index contributed by atoms with van der Waals surface area (Å²) in [5, 5.41) is 8.05. The topological polar surface area (TPSA) is 20.2 Å². The molecule has 0 aliphatic carbocycles. The molecule has 0 rings (SSSR count). The van der Waals surface area contributed by atoms with Gasteiger partial charge >= 0.3 is 0 Å². The van der Waals surface area contributed by atoms with Crippen molar-refractivity contribution in [1.29, 1.82) is 0 Å². The third-order valence-corrected chi connectivity index (χ3v) is 1.02. The second kappa shape index (κ2) is 3.77. The number of rotatable bonds is 4. The minimum absolute atomic E-state index is 0.257. The number of halogens is 2. The molecule has 1 nitrogen and oxygen atoms in total. The molecule has 0 atom stereocenters. The Bertz CT molecular complexity index is 73.5. The fraction of sp³-hybridized carbons (Fsp3) is 0.833. The van der Waals surface area contributed by atoms with Gasteiger partial charge in [-0.1, -0.05) is 13.3 Å². The number of unbranched alkanes of at least 4 members (excludes halogenated alkanes) is 1. The van der Waals surface area contributed by atoms with E-state index < -0.39 is 12.5 Å². The van der Waals surface area contributed by atoms with Gasteiger partial charge in [0.1, 0.15) is 6.61 Å². The van der Waals surface area contributed by atoms with Gasteiger partial charge in [-0.15, -0.1) is 0 Å². The van der Waals surface area contributed by atoms with Crippen molar-refractivity contribution in [1.82, 2.24) is 0 Å². The van der Waals surface area contributed by atoms with Crippen molar-refractivity contribution in [3.05, 3.63) is 6.92 Å². The first-order chi connectivity index (χ1) is 4.12. The Hall–Kier alpha value is -0.180. The molecule has 0 heterocycles. The summed E-state index contributed by atoms with van der Waals surface area (Å²) in [6.07, 6.45) is 0.607. The molecule has 55 valence electrons. The van der Waals surface area contributed by atoms with Gasteiger partial charge in [-0.3, -0.25) is 0 Å². The number of hydrogen-bond acceptors (Lipinski definition) is 1. The summed E-state index contributed by atoms with van der Waals surface area (Å²) in [5.74, 6) is -2.89. The van der Waals surface area contributed by atoms with Crippen molar-refractivity contribution >= 4 is 0 Å². The predicted molar refractivity (Wildman–Crippen MR) is 31.2 cm³/mol. The maximum atomic E-state index is 12.1. The molecule has 0 spiro atoms. The Labute approximate surface area is 53.7 Å². The van der Waals surface area contributed by atoms with Gasteiger partial charge in [0, 0.05) is 6.42 Å². The zero-order chi connectivity index (χ0) is 7.33. The Kier molecular flexibility index (Phi) is 3.70. The molecule has 0 saturated heterocycles. The maximum Gasteiger partial charge on any atom is 0.270 e. The molecule has 0 saturated carbocycles. The maximum absolute atomic E-state index is 12.1. The van der Waals surface area contributed by atoms with Crippen LogP contribution in [0.1, 0.15) is 19.3 Å². The highest BCUT2D eigenvalue weighted by atomic mass is 19.3. The largest absolute Gasteiger partial charge is 0.390 e. The Morgan fingerprint density at radius 2 is 2.00 bits per heavy atom. The lowest BCUT2D eigenvalue weighted by molar-refractivity contribution is -0.0572. The highest BCUT2D eigenvalue weighted by Gasteiger charge is 2.25. The summed E-state index contributed by atoms with van der Waals surface area (Å²) in [5.41, 5.74) is 0. The molecule has 0 unspecified atom stereocenters. The molecule has 0 aromatic heterocycles. The molecule has 0 aromatic carbocycles. The Balaban J connectivity index is 3.33. The summed E-state index contributed by atoms with van der Waals surface area (Å²) in [6, 6.07) is 0. The SMILES string of the molecule is [CH2]CCCC(F)(F)CO. The fourth-order valence-corrected chi connectivity index (χ4v) is 0.463. The van der Waals surface area contributed by atoms with E-state index in [1.807, 2.05) is 0 Å². The van der Waals surface area contributed by atoms with E-state index in [0.29, 0.717) is 12.8 Å². The van der Waals surface area contributed by atoms with Crippen molar-refractivity contribution in [2.75, 3.05) is 6.61 Å². The first-order valence-corrected chi connectivity index (χ1v) is 2.90. The molecule has 0 aliphatic heterocycles. The van der Waals surface area contributed by atoms with E-state index in [4.69, 9.17) is 5.11 Å². The second-order valence-electron chi connectivity index (χ2n) is 1.97. The molecule has 0 bridgehead atoms. The van der Waals surface area contributed by atoms with Crippen LogP contribution >= 0.6 is 0 Å². The van der Waals surface area contributed by atoms with Crippen LogP contribution in [0.15, 0.2) is 0 Å². The van der Waals surface area contributed by atoms with Crippen LogP contribution in [0.25, 0.3) is 0 Å². The van der Waals surface area contributed by atoms with Crippen LogP contribution in [0.5, 0.6) is 0 Å². The highest BCUT2D eigenvalue weighted by Crippen LogP contribution is 2.19. The van der Waals surface area contributed by atoms with Gasteiger partial charge in [-0.25, -0.2) is 8.78 Å². The molecular formula is C6H11F2O. The minimum Gasteiger partial charge on any atom is -0.390 e. The molecule has 1 N–H and O–H groups in total. The molecular weight excluding hydrogens is 126 g/mol. The third-order valence-electron chi connectivity index (χ3n) is 1.02. The van der Waals surface area contributed by atoms with Gasteiger partial charge in [0.2, 0.25) is 0 Å². The van der Waals surface area contributed by atoms with Gasteiger partial charge in [0.15, 0.2) is 0 Å².